The predicted molar refractivity (Wildman–Crippen MR) is 159 cm³/mol. The molecule has 14 nitrogen and oxygen atoms in total. The molecule has 2 heterocycles. The zero-order valence-corrected chi connectivity index (χ0v) is 24.4. The van der Waals surface area contributed by atoms with E-state index in [1.54, 1.807) is 30.3 Å². The van der Waals surface area contributed by atoms with Crippen molar-refractivity contribution in [3.05, 3.63) is 47.5 Å². The minimum absolute atomic E-state index is 0.0936. The van der Waals surface area contributed by atoms with Gasteiger partial charge in [0.05, 0.1) is 27.4 Å². The molecule has 2 aromatic carbocycles. The van der Waals surface area contributed by atoms with Crippen molar-refractivity contribution in [2.24, 2.45) is 0 Å². The Balaban J connectivity index is 1.36. The summed E-state index contributed by atoms with van der Waals surface area (Å²) in [5, 5.41) is 40.0. The highest BCUT2D eigenvalue weighted by molar-refractivity contribution is 7.19. The first-order valence-electron chi connectivity index (χ1n) is 13.0. The number of thiazole rings is 1. The van der Waals surface area contributed by atoms with Gasteiger partial charge in [-0.2, -0.15) is 4.98 Å². The Morgan fingerprint density at radius 1 is 1.05 bits per heavy atom. The Morgan fingerprint density at radius 2 is 1.77 bits per heavy atom. The molecule has 0 saturated heterocycles. The number of aromatic nitrogens is 3. The zero-order valence-electron chi connectivity index (χ0n) is 23.6. The molecule has 0 unspecified atom stereocenters. The van der Waals surface area contributed by atoms with Crippen LogP contribution in [0.25, 0.3) is 22.2 Å². The van der Waals surface area contributed by atoms with Crippen molar-refractivity contribution in [1.82, 2.24) is 15.1 Å². The standard InChI is InChI=1S/C28H30N6O8S/c1-12-5-6-14(30-26(38)13-7-17(35)21(37)18(36)8-13)9-16(12)25-33-27(42-34-25)23-24(29)32-28(43-23)31-15-10-19(39-2)22(41-4)20(11-15)40-3/h5-7,9-11,17-18,21,35-37H,8,29H2,1-4H3,(H,30,38)(H,31,32)/t17-,18-,21-/m1/s1. The summed E-state index contributed by atoms with van der Waals surface area (Å²) in [5.41, 5.74) is 8.83. The van der Waals surface area contributed by atoms with Crippen LogP contribution in [-0.4, -0.2) is 76.0 Å². The average Bonchev–Trinajstić information content (AvgIpc) is 3.62. The number of aliphatic hydroxyl groups is 3. The monoisotopic (exact) mass is 610 g/mol. The number of nitrogens with two attached hydrogens (primary N) is 1. The third-order valence-electron chi connectivity index (χ3n) is 6.76. The number of aliphatic hydroxyl groups excluding tert-OH is 3. The maximum absolute atomic E-state index is 12.8. The normalized spacial score (nSPS) is 18.1. The number of nitrogens with one attached hydrogen (secondary N) is 2. The highest BCUT2D eigenvalue weighted by atomic mass is 32.1. The van der Waals surface area contributed by atoms with E-state index in [0.717, 1.165) is 5.56 Å². The lowest BCUT2D eigenvalue weighted by Gasteiger charge is -2.27. The van der Waals surface area contributed by atoms with Crippen molar-refractivity contribution < 1.29 is 38.8 Å². The quantitative estimate of drug-likeness (QED) is 0.161. The summed E-state index contributed by atoms with van der Waals surface area (Å²) in [5.74, 6) is 1.48. The van der Waals surface area contributed by atoms with Gasteiger partial charge in [-0.3, -0.25) is 4.79 Å². The maximum atomic E-state index is 12.8. The van der Waals surface area contributed by atoms with E-state index in [1.807, 2.05) is 6.92 Å². The molecule has 0 spiro atoms. The van der Waals surface area contributed by atoms with Crippen molar-refractivity contribution in [1.29, 1.82) is 0 Å². The number of nitrogens with zero attached hydrogens (tertiary/aromatic N) is 3. The van der Waals surface area contributed by atoms with Gasteiger partial charge in [0.25, 0.3) is 11.8 Å². The third kappa shape index (κ3) is 6.10. The molecule has 0 saturated carbocycles. The molecule has 2 aromatic heterocycles. The second kappa shape index (κ2) is 12.3. The van der Waals surface area contributed by atoms with Crippen LogP contribution in [0.4, 0.5) is 22.3 Å². The number of hydrogen-bond acceptors (Lipinski definition) is 14. The van der Waals surface area contributed by atoms with E-state index < -0.39 is 24.2 Å². The summed E-state index contributed by atoms with van der Waals surface area (Å²) in [6.07, 6.45) is -2.79. The lowest BCUT2D eigenvalue weighted by molar-refractivity contribution is -0.114. The van der Waals surface area contributed by atoms with E-state index in [1.165, 1.54) is 38.7 Å². The molecule has 226 valence electrons. The van der Waals surface area contributed by atoms with Crippen LogP contribution in [-0.2, 0) is 4.79 Å². The van der Waals surface area contributed by atoms with E-state index >= 15 is 0 Å². The van der Waals surface area contributed by atoms with Crippen LogP contribution in [0.15, 0.2) is 46.5 Å². The van der Waals surface area contributed by atoms with Gasteiger partial charge in [0.15, 0.2) is 16.6 Å². The summed E-state index contributed by atoms with van der Waals surface area (Å²) >= 11 is 1.21. The number of carbonyl (C=O) groups excluding carboxylic acids is 1. The Kier molecular flexibility index (Phi) is 8.50. The van der Waals surface area contributed by atoms with Gasteiger partial charge in [-0.1, -0.05) is 22.6 Å². The van der Waals surface area contributed by atoms with Crippen molar-refractivity contribution in [2.45, 2.75) is 31.7 Å². The number of ether oxygens (including phenoxy) is 3. The highest BCUT2D eigenvalue weighted by Gasteiger charge is 2.31. The van der Waals surface area contributed by atoms with Gasteiger partial charge in [-0.25, -0.2) is 4.98 Å². The fraction of sp³-hybridized carbons (Fsp3) is 0.286. The highest BCUT2D eigenvalue weighted by Crippen LogP contribution is 2.42. The molecule has 43 heavy (non-hydrogen) atoms. The van der Waals surface area contributed by atoms with Crippen molar-refractivity contribution in [3.63, 3.8) is 0 Å². The minimum atomic E-state index is -1.34. The summed E-state index contributed by atoms with van der Waals surface area (Å²) in [4.78, 5) is 22.1. The van der Waals surface area contributed by atoms with Gasteiger partial charge in [0.1, 0.15) is 22.9 Å². The maximum Gasteiger partial charge on any atom is 0.272 e. The Bertz CT molecular complexity index is 1660. The van der Waals surface area contributed by atoms with E-state index in [4.69, 9.17) is 24.5 Å². The van der Waals surface area contributed by atoms with Crippen LogP contribution >= 0.6 is 11.3 Å². The van der Waals surface area contributed by atoms with Crippen LogP contribution in [0.1, 0.15) is 12.0 Å². The number of anilines is 4. The van der Waals surface area contributed by atoms with Gasteiger partial charge in [-0.05, 0) is 30.7 Å². The van der Waals surface area contributed by atoms with E-state index in [0.29, 0.717) is 44.2 Å². The molecule has 1 aliphatic rings. The molecule has 1 amide bonds. The minimum Gasteiger partial charge on any atom is -0.493 e. The number of methoxy groups -OCH3 is 3. The van der Waals surface area contributed by atoms with Crippen LogP contribution in [0.3, 0.4) is 0 Å². The SMILES string of the molecule is COc1cc(Nc2nc(N)c(-c3nc(-c4cc(NC(=O)C5=C[C@@H](O)[C@@H](O)[C@H](O)C5)ccc4C)no3)s2)cc(OC)c1OC. The molecule has 4 aromatic rings. The van der Waals surface area contributed by atoms with Crippen molar-refractivity contribution in [3.8, 4) is 39.4 Å². The molecule has 15 heteroatoms. The molecule has 5 rings (SSSR count). The average molecular weight is 611 g/mol. The predicted octanol–water partition coefficient (Wildman–Crippen LogP) is 2.87. The molecule has 1 aliphatic carbocycles. The topological polar surface area (TPSA) is 207 Å². The fourth-order valence-electron chi connectivity index (χ4n) is 4.51. The van der Waals surface area contributed by atoms with Gasteiger partial charge < -0.3 is 50.4 Å². The lowest BCUT2D eigenvalue weighted by Crippen LogP contribution is -2.41. The Morgan fingerprint density at radius 3 is 2.42 bits per heavy atom. The molecule has 0 radical (unpaired) electrons. The van der Waals surface area contributed by atoms with Gasteiger partial charge in [-0.15, -0.1) is 0 Å². The van der Waals surface area contributed by atoms with Gasteiger partial charge >= 0.3 is 0 Å². The van der Waals surface area contributed by atoms with Crippen LogP contribution in [0.5, 0.6) is 17.2 Å². The summed E-state index contributed by atoms with van der Waals surface area (Å²) in [6.45, 7) is 1.86. The number of benzene rings is 2. The second-order valence-corrected chi connectivity index (χ2v) is 10.6. The first-order chi connectivity index (χ1) is 20.6. The molecular formula is C28H30N6O8S. The van der Waals surface area contributed by atoms with E-state index in [2.05, 4.69) is 25.8 Å². The fourth-order valence-corrected chi connectivity index (χ4v) is 5.33. The molecular weight excluding hydrogens is 580 g/mol. The molecule has 0 aliphatic heterocycles. The molecule has 0 fully saturated rings. The van der Waals surface area contributed by atoms with Crippen LogP contribution in [0, 0.1) is 6.92 Å². The first kappa shape index (κ1) is 29.8. The number of hydrogen-bond donors (Lipinski definition) is 6. The smallest absolute Gasteiger partial charge is 0.272 e. The Labute approximate surface area is 249 Å². The summed E-state index contributed by atoms with van der Waals surface area (Å²) < 4.78 is 21.7. The van der Waals surface area contributed by atoms with E-state index in [-0.39, 0.29) is 29.5 Å². The zero-order chi connectivity index (χ0) is 30.8. The molecule has 0 bridgehead atoms. The van der Waals surface area contributed by atoms with Crippen LogP contribution < -0.4 is 30.6 Å². The largest absolute Gasteiger partial charge is 0.493 e. The number of nitrogen functional groups attached to an aromatic ring is 1. The number of carbonyl (C=O) groups is 1. The number of aryl methyl sites for hydroxylation is 1. The Hall–Kier alpha value is -4.70. The summed E-state index contributed by atoms with van der Waals surface area (Å²) in [7, 11) is 4.57. The van der Waals surface area contributed by atoms with Crippen LogP contribution in [0.2, 0.25) is 0 Å². The lowest BCUT2D eigenvalue weighted by atomic mass is 9.92. The first-order valence-corrected chi connectivity index (χ1v) is 13.8. The van der Waals surface area contributed by atoms with Gasteiger partial charge in [0.2, 0.25) is 11.6 Å². The van der Waals surface area contributed by atoms with Crippen molar-refractivity contribution in [2.75, 3.05) is 37.7 Å². The van der Waals surface area contributed by atoms with Gasteiger partial charge in [0, 0.05) is 41.1 Å². The third-order valence-corrected chi connectivity index (χ3v) is 7.74. The molecule has 3 atom stereocenters. The molecule has 7 N–H and O–H groups in total. The second-order valence-electron chi connectivity index (χ2n) is 9.62. The van der Waals surface area contributed by atoms with Crippen molar-refractivity contribution >= 4 is 39.6 Å². The summed E-state index contributed by atoms with van der Waals surface area (Å²) in [6, 6.07) is 8.63. The van der Waals surface area contributed by atoms with E-state index in [9.17, 15) is 20.1 Å². The number of amides is 1. The number of rotatable bonds is 9.